The molecule has 0 aliphatic rings. The monoisotopic (exact) mass is 1060 g/mol. The number of aryl methyl sites for hydroxylation is 8. The van der Waals surface area contributed by atoms with E-state index in [2.05, 4.69) is 128 Å². The third kappa shape index (κ3) is 14.4. The van der Waals surface area contributed by atoms with Gasteiger partial charge in [0, 0.05) is 0 Å². The van der Waals surface area contributed by atoms with E-state index < -0.39 is 11.5 Å². The summed E-state index contributed by atoms with van der Waals surface area (Å²) in [6.07, 6.45) is 0. The first-order valence-electron chi connectivity index (χ1n) is 24.2. The molecule has 7 aromatic carbocycles. The van der Waals surface area contributed by atoms with Crippen LogP contribution >= 0.6 is 0 Å². The van der Waals surface area contributed by atoms with Gasteiger partial charge in [0.15, 0.2) is 0 Å². The quantitative estimate of drug-likeness (QED) is 0.111. The zero-order valence-electron chi connectivity index (χ0n) is 44.2. The predicted octanol–water partition coefficient (Wildman–Crippen LogP) is 15.3. The summed E-state index contributed by atoms with van der Waals surface area (Å²) in [7, 11) is 0. The number of aliphatic imine (C=N–C) groups is 4. The number of benzene rings is 7. The fourth-order valence-electron chi connectivity index (χ4n) is 8.43. The van der Waals surface area contributed by atoms with Crippen LogP contribution in [0.4, 0.5) is 22.7 Å². The predicted molar refractivity (Wildman–Crippen MR) is 300 cm³/mol. The molecule has 8 nitrogen and oxygen atoms in total. The van der Waals surface area contributed by atoms with E-state index in [0.717, 1.165) is 79.1 Å². The second-order valence-corrected chi connectivity index (χ2v) is 18.5. The molecule has 10 heteroatoms. The molecule has 378 valence electrons. The van der Waals surface area contributed by atoms with Crippen molar-refractivity contribution in [3.05, 3.63) is 225 Å². The SMILES string of the molecule is CC(=Nc1ccc(C)cc1C)c1cccc(C(C)=Nc2ccc(C)cc2C)n1.CC(=Nc1ccc(C)cc1C)c1cccc(C(C)=Nc2ccc(C)cc2C)n1.[Co+].[Co+].[O-]c1c([O-])c2ccccc2c2ccccc12. The molecule has 9 aromatic rings. The molecule has 0 N–H and O–H groups in total. The van der Waals surface area contributed by atoms with Crippen molar-refractivity contribution >= 4 is 67.1 Å². The van der Waals surface area contributed by atoms with Crippen molar-refractivity contribution in [2.24, 2.45) is 20.0 Å². The van der Waals surface area contributed by atoms with E-state index >= 15 is 0 Å². The number of aromatic nitrogens is 2. The van der Waals surface area contributed by atoms with Crippen LogP contribution in [0.1, 0.15) is 95.0 Å². The van der Waals surface area contributed by atoms with E-state index in [0.29, 0.717) is 10.8 Å². The molecule has 74 heavy (non-hydrogen) atoms. The Kier molecular flexibility index (Phi) is 20.3. The first kappa shape index (κ1) is 57.6. The Labute approximate surface area is 457 Å². The van der Waals surface area contributed by atoms with Crippen LogP contribution in [-0.4, -0.2) is 32.8 Å². The minimum atomic E-state index is -0.408. The smallest absolute Gasteiger partial charge is 0.872 e. The zero-order chi connectivity index (χ0) is 51.6. The van der Waals surface area contributed by atoms with Crippen LogP contribution in [0.25, 0.3) is 21.5 Å². The van der Waals surface area contributed by atoms with E-state index in [9.17, 15) is 10.2 Å². The van der Waals surface area contributed by atoms with Gasteiger partial charge in [0.05, 0.1) is 68.4 Å². The first-order chi connectivity index (χ1) is 34.4. The topological polar surface area (TPSA) is 121 Å². The maximum Gasteiger partial charge on any atom is 1.00 e. The van der Waals surface area contributed by atoms with Crippen LogP contribution in [0.5, 0.6) is 11.5 Å². The molecule has 0 unspecified atom stereocenters. The number of pyridine rings is 2. The van der Waals surface area contributed by atoms with Gasteiger partial charge in [-0.1, -0.05) is 131 Å². The molecule has 2 heterocycles. The number of nitrogens with zero attached hydrogens (tertiary/aromatic N) is 6. The molecule has 0 bridgehead atoms. The third-order valence-corrected chi connectivity index (χ3v) is 12.4. The van der Waals surface area contributed by atoms with E-state index in [1.165, 1.54) is 44.5 Å². The molecule has 0 fully saturated rings. The summed E-state index contributed by atoms with van der Waals surface area (Å²) in [4.78, 5) is 28.8. The van der Waals surface area contributed by atoms with Crippen LogP contribution < -0.4 is 10.2 Å². The summed E-state index contributed by atoms with van der Waals surface area (Å²) in [5.74, 6) is -0.816. The van der Waals surface area contributed by atoms with Crippen LogP contribution in [0, 0.1) is 55.4 Å². The van der Waals surface area contributed by atoms with Crippen LogP contribution in [-0.2, 0) is 33.6 Å². The van der Waals surface area contributed by atoms with Crippen molar-refractivity contribution in [1.82, 2.24) is 9.97 Å². The average Bonchev–Trinajstić information content (AvgIpc) is 3.37. The second-order valence-electron chi connectivity index (χ2n) is 18.5. The molecule has 0 aliphatic heterocycles. The Morgan fingerprint density at radius 2 is 0.541 bits per heavy atom. The second kappa shape index (κ2) is 26.0. The minimum Gasteiger partial charge on any atom is -0.872 e. The maximum atomic E-state index is 11.8. The Balaban J connectivity index is 0.000000210. The number of fused-ring (bicyclic) bond motifs is 3. The van der Waals surface area contributed by atoms with Crippen molar-refractivity contribution in [2.45, 2.75) is 83.1 Å². The van der Waals surface area contributed by atoms with Gasteiger partial charge in [-0.05, 0) is 175 Å². The summed E-state index contributed by atoms with van der Waals surface area (Å²) in [5.41, 5.74) is 20.6. The van der Waals surface area contributed by atoms with Gasteiger partial charge in [-0.2, -0.15) is 0 Å². The fraction of sp³-hybridized carbons (Fsp3) is 0.188. The van der Waals surface area contributed by atoms with Crippen molar-refractivity contribution in [1.29, 1.82) is 0 Å². The van der Waals surface area contributed by atoms with Crippen molar-refractivity contribution in [2.75, 3.05) is 0 Å². The molecular weight excluding hydrogens is 1000 g/mol. The van der Waals surface area contributed by atoms with Gasteiger partial charge in [0.25, 0.3) is 0 Å². The molecule has 2 aromatic heterocycles. The van der Waals surface area contributed by atoms with Crippen LogP contribution in [0.15, 0.2) is 178 Å². The third-order valence-electron chi connectivity index (χ3n) is 12.4. The van der Waals surface area contributed by atoms with Gasteiger partial charge in [-0.25, -0.2) is 9.97 Å². The van der Waals surface area contributed by atoms with Gasteiger partial charge in [0.2, 0.25) is 0 Å². The van der Waals surface area contributed by atoms with Crippen molar-refractivity contribution in [3.63, 3.8) is 0 Å². The molecule has 0 atom stereocenters. The summed E-state index contributed by atoms with van der Waals surface area (Å²) >= 11 is 0. The first-order valence-corrected chi connectivity index (χ1v) is 24.2. The molecular formula is C64H62Co2N6O2. The van der Waals surface area contributed by atoms with Gasteiger partial charge >= 0.3 is 33.6 Å². The molecule has 0 spiro atoms. The summed E-state index contributed by atoms with van der Waals surface area (Å²) in [6, 6.07) is 51.6. The van der Waals surface area contributed by atoms with Gasteiger partial charge in [0.1, 0.15) is 0 Å². The summed E-state index contributed by atoms with van der Waals surface area (Å²) < 4.78 is 0. The largest absolute Gasteiger partial charge is 1.00 e. The average molecular weight is 1070 g/mol. The normalized spacial score (nSPS) is 11.7. The van der Waals surface area contributed by atoms with Gasteiger partial charge < -0.3 is 10.2 Å². The van der Waals surface area contributed by atoms with E-state index in [-0.39, 0.29) is 33.6 Å². The number of hydrogen-bond donors (Lipinski definition) is 0. The van der Waals surface area contributed by atoms with Crippen LogP contribution in [0.3, 0.4) is 0 Å². The molecule has 0 aliphatic carbocycles. The standard InChI is InChI=1S/2C25H27N3.C14H10O2.2Co/c2*1-16-10-12-22(18(3)14-16)26-20(5)24-8-7-9-25(28-24)21(6)27-23-13-11-17(2)15-19(23)4;15-13-11-7-3-1-5-9(11)10-6-2-4-8-12(10)14(13)16;;/h2*7-15H,1-6H3;1-8,15-16H;;/q;;;2*+1/p-2. The zero-order valence-corrected chi connectivity index (χ0v) is 46.3. The molecule has 9 rings (SSSR count). The summed E-state index contributed by atoms with van der Waals surface area (Å²) in [5, 5.41) is 26.4. The van der Waals surface area contributed by atoms with Gasteiger partial charge in [-0.3, -0.25) is 20.0 Å². The number of rotatable bonds is 8. The molecule has 0 saturated heterocycles. The summed E-state index contributed by atoms with van der Waals surface area (Å²) in [6.45, 7) is 24.7. The fourth-order valence-corrected chi connectivity index (χ4v) is 8.43. The van der Waals surface area contributed by atoms with Crippen molar-refractivity contribution < 1.29 is 43.8 Å². The Morgan fingerprint density at radius 1 is 0.311 bits per heavy atom. The Morgan fingerprint density at radius 3 is 0.770 bits per heavy atom. The van der Waals surface area contributed by atoms with Crippen molar-refractivity contribution in [3.8, 4) is 11.5 Å². The number of hydrogen-bond acceptors (Lipinski definition) is 8. The Bertz CT molecular complexity index is 3200. The van der Waals surface area contributed by atoms with Gasteiger partial charge in [-0.15, -0.1) is 11.5 Å². The minimum absolute atomic E-state index is 0. The molecule has 0 amide bonds. The van der Waals surface area contributed by atoms with E-state index in [1.807, 2.05) is 88.4 Å². The maximum absolute atomic E-state index is 11.8. The van der Waals surface area contributed by atoms with Crippen LogP contribution in [0.2, 0.25) is 0 Å². The van der Waals surface area contributed by atoms with E-state index in [4.69, 9.17) is 29.9 Å². The Hall–Kier alpha value is -7.35. The molecule has 0 radical (unpaired) electrons. The van der Waals surface area contributed by atoms with E-state index in [1.54, 1.807) is 24.3 Å². The molecule has 0 saturated carbocycles.